The first kappa shape index (κ1) is 20.6. The van der Waals surface area contributed by atoms with Gasteiger partial charge in [-0.3, -0.25) is 0 Å². The predicted octanol–water partition coefficient (Wildman–Crippen LogP) is 5.42. The van der Waals surface area contributed by atoms with Crippen LogP contribution in [0.3, 0.4) is 0 Å². The Kier molecular flexibility index (Phi) is 4.79. The minimum absolute atomic E-state index is 0.0846. The number of nitrogens with zero attached hydrogens (tertiary/aromatic N) is 1. The summed E-state index contributed by atoms with van der Waals surface area (Å²) in [5, 5.41) is 5.27. The first-order valence-electron chi connectivity index (χ1n) is 9.30. The molecule has 0 radical (unpaired) electrons. The summed E-state index contributed by atoms with van der Waals surface area (Å²) in [4.78, 5) is 18.2. The lowest BCUT2D eigenvalue weighted by atomic mass is 10.0. The van der Waals surface area contributed by atoms with Crippen LogP contribution in [0.15, 0.2) is 36.4 Å². The molecule has 0 fully saturated rings. The van der Waals surface area contributed by atoms with E-state index in [0.717, 1.165) is 0 Å². The zero-order valence-corrected chi connectivity index (χ0v) is 16.8. The van der Waals surface area contributed by atoms with Gasteiger partial charge in [-0.1, -0.05) is 0 Å². The molecule has 1 aliphatic rings. The van der Waals surface area contributed by atoms with Crippen LogP contribution < -0.4 is 20.1 Å². The third kappa shape index (κ3) is 4.14. The quantitative estimate of drug-likeness (QED) is 0.516. The SMILES string of the molecule is COc1c(NC(=O)Nc2ccc3[nH]c(C(F)(F)F)nc3c2)ccc2c1C=CC(C)(C)O2. The number of halogens is 3. The molecule has 0 saturated heterocycles. The molecule has 0 aliphatic carbocycles. The maximum absolute atomic E-state index is 12.8. The molecule has 3 N–H and O–H groups in total. The highest BCUT2D eigenvalue weighted by Crippen LogP contribution is 2.41. The van der Waals surface area contributed by atoms with Gasteiger partial charge in [0.05, 0.1) is 29.4 Å². The van der Waals surface area contributed by atoms with E-state index >= 15 is 0 Å². The van der Waals surface area contributed by atoms with Gasteiger partial charge in [0.15, 0.2) is 5.75 Å². The molecule has 0 atom stereocenters. The average molecular weight is 432 g/mol. The minimum Gasteiger partial charge on any atom is -0.494 e. The van der Waals surface area contributed by atoms with Crippen LogP contribution >= 0.6 is 0 Å². The number of urea groups is 1. The number of methoxy groups -OCH3 is 1. The smallest absolute Gasteiger partial charge is 0.449 e. The topological polar surface area (TPSA) is 88.3 Å². The van der Waals surface area contributed by atoms with E-state index in [0.29, 0.717) is 22.7 Å². The van der Waals surface area contributed by atoms with Gasteiger partial charge in [0.25, 0.3) is 0 Å². The Morgan fingerprint density at radius 3 is 2.68 bits per heavy atom. The molecule has 2 heterocycles. The highest BCUT2D eigenvalue weighted by molar-refractivity contribution is 6.02. The molecule has 0 saturated carbocycles. The van der Waals surface area contributed by atoms with Gasteiger partial charge in [0.2, 0.25) is 5.82 Å². The fraction of sp³-hybridized carbons (Fsp3) is 0.238. The number of hydrogen-bond donors (Lipinski definition) is 3. The van der Waals surface area contributed by atoms with E-state index in [1.54, 1.807) is 12.1 Å². The average Bonchev–Trinajstić information content (AvgIpc) is 3.11. The molecule has 10 heteroatoms. The van der Waals surface area contributed by atoms with Crippen molar-refractivity contribution in [1.82, 2.24) is 9.97 Å². The zero-order valence-electron chi connectivity index (χ0n) is 16.8. The monoisotopic (exact) mass is 432 g/mol. The lowest BCUT2D eigenvalue weighted by Gasteiger charge is -2.29. The van der Waals surface area contributed by atoms with Crippen molar-refractivity contribution in [2.24, 2.45) is 0 Å². The fourth-order valence-corrected chi connectivity index (χ4v) is 3.25. The van der Waals surface area contributed by atoms with Crippen molar-refractivity contribution in [2.75, 3.05) is 17.7 Å². The molecule has 0 bridgehead atoms. The number of carbonyl (C=O) groups is 1. The first-order valence-corrected chi connectivity index (χ1v) is 9.30. The summed E-state index contributed by atoms with van der Waals surface area (Å²) in [7, 11) is 1.48. The molecule has 162 valence electrons. The van der Waals surface area contributed by atoms with Crippen molar-refractivity contribution >= 4 is 34.5 Å². The number of fused-ring (bicyclic) bond motifs is 2. The highest BCUT2D eigenvalue weighted by Gasteiger charge is 2.34. The van der Waals surface area contributed by atoms with Crippen molar-refractivity contribution in [3.63, 3.8) is 0 Å². The molecule has 31 heavy (non-hydrogen) atoms. The molecule has 2 aromatic carbocycles. The maximum Gasteiger partial charge on any atom is 0.449 e. The van der Waals surface area contributed by atoms with E-state index in [1.807, 2.05) is 26.0 Å². The number of hydrogen-bond acceptors (Lipinski definition) is 4. The number of carbonyl (C=O) groups excluding carboxylic acids is 1. The summed E-state index contributed by atoms with van der Waals surface area (Å²) in [5.74, 6) is -0.0434. The number of nitrogens with one attached hydrogen (secondary N) is 3. The van der Waals surface area contributed by atoms with E-state index in [2.05, 4.69) is 20.6 Å². The van der Waals surface area contributed by atoms with E-state index in [-0.39, 0.29) is 16.7 Å². The Bertz CT molecular complexity index is 1200. The number of benzene rings is 2. The number of amides is 2. The fourth-order valence-electron chi connectivity index (χ4n) is 3.25. The summed E-state index contributed by atoms with van der Waals surface area (Å²) in [6, 6.07) is 7.03. The Labute approximate surface area is 175 Å². The summed E-state index contributed by atoms with van der Waals surface area (Å²) >= 11 is 0. The van der Waals surface area contributed by atoms with Crippen molar-refractivity contribution in [3.8, 4) is 11.5 Å². The Hall–Kier alpha value is -3.69. The number of imidazole rings is 1. The summed E-state index contributed by atoms with van der Waals surface area (Å²) in [5.41, 5.74) is 1.23. The minimum atomic E-state index is -4.58. The maximum atomic E-state index is 12.8. The Morgan fingerprint density at radius 2 is 1.97 bits per heavy atom. The predicted molar refractivity (Wildman–Crippen MR) is 110 cm³/mol. The van der Waals surface area contributed by atoms with E-state index < -0.39 is 23.6 Å². The summed E-state index contributed by atoms with van der Waals surface area (Å²) in [6.45, 7) is 3.85. The molecule has 1 aromatic heterocycles. The number of anilines is 2. The van der Waals surface area contributed by atoms with Crippen molar-refractivity contribution in [3.05, 3.63) is 47.8 Å². The first-order chi connectivity index (χ1) is 14.6. The summed E-state index contributed by atoms with van der Waals surface area (Å²) in [6.07, 6.45) is -0.832. The van der Waals surface area contributed by atoms with Crippen LogP contribution in [0.5, 0.6) is 11.5 Å². The van der Waals surface area contributed by atoms with Gasteiger partial charge in [-0.15, -0.1) is 0 Å². The van der Waals surface area contributed by atoms with Crippen LogP contribution in [-0.2, 0) is 6.18 Å². The van der Waals surface area contributed by atoms with Gasteiger partial charge in [-0.05, 0) is 56.3 Å². The number of alkyl halides is 3. The zero-order chi connectivity index (χ0) is 22.4. The van der Waals surface area contributed by atoms with Crippen molar-refractivity contribution < 1.29 is 27.4 Å². The van der Waals surface area contributed by atoms with Crippen LogP contribution in [0.2, 0.25) is 0 Å². The van der Waals surface area contributed by atoms with Crippen LogP contribution in [0.4, 0.5) is 29.3 Å². The second-order valence-corrected chi connectivity index (χ2v) is 7.49. The second kappa shape index (κ2) is 7.22. The third-order valence-electron chi connectivity index (χ3n) is 4.64. The largest absolute Gasteiger partial charge is 0.494 e. The van der Waals surface area contributed by atoms with Gasteiger partial charge >= 0.3 is 12.2 Å². The number of aromatic nitrogens is 2. The number of H-pyrrole nitrogens is 1. The molecule has 3 aromatic rings. The molecular formula is C21H19F3N4O3. The van der Waals surface area contributed by atoms with Crippen LogP contribution in [-0.4, -0.2) is 28.7 Å². The highest BCUT2D eigenvalue weighted by atomic mass is 19.4. The molecule has 1 aliphatic heterocycles. The molecule has 0 unspecified atom stereocenters. The number of aromatic amines is 1. The lowest BCUT2D eigenvalue weighted by Crippen LogP contribution is -2.27. The normalized spacial score (nSPS) is 14.6. The molecule has 2 amide bonds. The number of ether oxygens (including phenoxy) is 2. The third-order valence-corrected chi connectivity index (χ3v) is 4.64. The van der Waals surface area contributed by atoms with E-state index in [9.17, 15) is 18.0 Å². The Balaban J connectivity index is 1.54. The standard InChI is InChI=1S/C21H19F3N4O3/c1-20(2)9-8-12-16(31-20)7-6-14(17(12)30-3)28-19(29)25-11-4-5-13-15(10-11)27-18(26-13)21(22,23)24/h4-10H,1-3H3,(H,26,27)(H2,25,28,29). The van der Waals surface area contributed by atoms with E-state index in [1.165, 1.54) is 25.3 Å². The van der Waals surface area contributed by atoms with Gasteiger partial charge in [-0.2, -0.15) is 13.2 Å². The number of rotatable bonds is 3. The second-order valence-electron chi connectivity index (χ2n) is 7.49. The van der Waals surface area contributed by atoms with Crippen molar-refractivity contribution in [2.45, 2.75) is 25.6 Å². The Morgan fingerprint density at radius 1 is 1.19 bits per heavy atom. The molecule has 7 nitrogen and oxygen atoms in total. The molecular weight excluding hydrogens is 413 g/mol. The molecule has 0 spiro atoms. The van der Waals surface area contributed by atoms with Crippen molar-refractivity contribution in [1.29, 1.82) is 0 Å². The van der Waals surface area contributed by atoms with Gasteiger partial charge in [0.1, 0.15) is 11.4 Å². The van der Waals surface area contributed by atoms with Gasteiger partial charge in [-0.25, -0.2) is 9.78 Å². The van der Waals surface area contributed by atoms with Crippen LogP contribution in [0, 0.1) is 0 Å². The van der Waals surface area contributed by atoms with E-state index in [4.69, 9.17) is 9.47 Å². The van der Waals surface area contributed by atoms with Gasteiger partial charge < -0.3 is 25.1 Å². The van der Waals surface area contributed by atoms with Crippen LogP contribution in [0.25, 0.3) is 17.1 Å². The van der Waals surface area contributed by atoms with Crippen LogP contribution in [0.1, 0.15) is 25.2 Å². The van der Waals surface area contributed by atoms with Gasteiger partial charge in [0, 0.05) is 5.69 Å². The lowest BCUT2D eigenvalue weighted by molar-refractivity contribution is -0.144. The summed E-state index contributed by atoms with van der Waals surface area (Å²) < 4.78 is 49.8. The molecule has 4 rings (SSSR count).